The molecule has 2 N–H and O–H groups in total. The highest BCUT2D eigenvalue weighted by Crippen LogP contribution is 2.20. The van der Waals surface area contributed by atoms with Crippen molar-refractivity contribution in [2.75, 3.05) is 30.9 Å². The smallest absolute Gasteiger partial charge is 0.229 e. The molecule has 3 rings (SSSR count). The number of benzene rings is 2. The number of hydrogen-bond donors (Lipinski definition) is 2. The van der Waals surface area contributed by atoms with Gasteiger partial charge >= 0.3 is 0 Å². The highest BCUT2D eigenvalue weighted by atomic mass is 16.5. The molecule has 0 aliphatic rings. The molecule has 0 amide bonds. The van der Waals surface area contributed by atoms with Gasteiger partial charge < -0.3 is 20.1 Å². The molecule has 27 heavy (non-hydrogen) atoms. The van der Waals surface area contributed by atoms with Crippen LogP contribution in [0.2, 0.25) is 0 Å². The average molecular weight is 364 g/mol. The highest BCUT2D eigenvalue weighted by molar-refractivity contribution is 5.60. The van der Waals surface area contributed by atoms with Gasteiger partial charge in [-0.1, -0.05) is 12.1 Å². The molecule has 3 aromatic rings. The molecule has 0 unspecified atom stereocenters. The molecule has 140 valence electrons. The Kier molecular flexibility index (Phi) is 6.10. The molecule has 0 fully saturated rings. The van der Waals surface area contributed by atoms with Gasteiger partial charge in [0, 0.05) is 11.9 Å². The van der Waals surface area contributed by atoms with Gasteiger partial charge in [-0.05, 0) is 61.4 Å². The number of anilines is 3. The molecule has 2 aromatic carbocycles. The second-order valence-corrected chi connectivity index (χ2v) is 6.16. The van der Waals surface area contributed by atoms with E-state index in [2.05, 4.69) is 52.6 Å². The Hall–Kier alpha value is -3.28. The van der Waals surface area contributed by atoms with E-state index in [1.165, 1.54) is 5.56 Å². The minimum Gasteiger partial charge on any atom is -0.497 e. The molecule has 0 atom stereocenters. The Labute approximate surface area is 159 Å². The van der Waals surface area contributed by atoms with E-state index < -0.39 is 0 Å². The lowest BCUT2D eigenvalue weighted by molar-refractivity contribution is 0.331. The van der Waals surface area contributed by atoms with Crippen LogP contribution in [0.3, 0.4) is 0 Å². The maximum atomic E-state index is 5.70. The molecule has 0 saturated heterocycles. The van der Waals surface area contributed by atoms with Gasteiger partial charge in [0.15, 0.2) is 0 Å². The first-order chi connectivity index (χ1) is 13.1. The first kappa shape index (κ1) is 18.5. The summed E-state index contributed by atoms with van der Waals surface area (Å²) in [5.41, 5.74) is 3.35. The van der Waals surface area contributed by atoms with Crippen molar-refractivity contribution >= 4 is 17.5 Å². The summed E-state index contributed by atoms with van der Waals surface area (Å²) in [4.78, 5) is 8.79. The zero-order valence-electron chi connectivity index (χ0n) is 15.8. The molecule has 0 aliphatic heterocycles. The Bertz CT molecular complexity index is 882. The summed E-state index contributed by atoms with van der Waals surface area (Å²) in [5.74, 6) is 2.92. The number of nitrogens with one attached hydrogen (secondary N) is 2. The number of aromatic nitrogens is 2. The van der Waals surface area contributed by atoms with Crippen LogP contribution in [-0.2, 0) is 0 Å². The van der Waals surface area contributed by atoms with Crippen LogP contribution < -0.4 is 20.1 Å². The van der Waals surface area contributed by atoms with Gasteiger partial charge in [-0.15, -0.1) is 0 Å². The fraction of sp³-hybridized carbons (Fsp3) is 0.238. The zero-order chi connectivity index (χ0) is 19.1. The molecule has 0 bridgehead atoms. The number of ether oxygens (including phenoxy) is 2. The molecule has 6 nitrogen and oxygen atoms in total. The lowest BCUT2D eigenvalue weighted by atomic mass is 10.1. The van der Waals surface area contributed by atoms with E-state index in [4.69, 9.17) is 9.47 Å². The monoisotopic (exact) mass is 364 g/mol. The van der Waals surface area contributed by atoms with Crippen molar-refractivity contribution in [3.8, 4) is 11.5 Å². The van der Waals surface area contributed by atoms with Crippen LogP contribution in [0, 0.1) is 13.8 Å². The second-order valence-electron chi connectivity index (χ2n) is 6.16. The molecule has 6 heteroatoms. The van der Waals surface area contributed by atoms with Gasteiger partial charge in [0.2, 0.25) is 5.95 Å². The molecule has 0 saturated carbocycles. The van der Waals surface area contributed by atoms with Crippen molar-refractivity contribution in [2.24, 2.45) is 0 Å². The zero-order valence-corrected chi connectivity index (χ0v) is 15.8. The molecule has 0 radical (unpaired) electrons. The van der Waals surface area contributed by atoms with Crippen LogP contribution in [0.4, 0.5) is 17.5 Å². The third kappa shape index (κ3) is 5.34. The predicted octanol–water partition coefficient (Wildman–Crippen LogP) is 4.34. The fourth-order valence-electron chi connectivity index (χ4n) is 2.53. The predicted molar refractivity (Wildman–Crippen MR) is 108 cm³/mol. The van der Waals surface area contributed by atoms with Gasteiger partial charge in [0.05, 0.1) is 13.7 Å². The Morgan fingerprint density at radius 1 is 0.963 bits per heavy atom. The first-order valence-electron chi connectivity index (χ1n) is 8.82. The molecular weight excluding hydrogens is 340 g/mol. The lowest BCUT2D eigenvalue weighted by Gasteiger charge is -2.11. The summed E-state index contributed by atoms with van der Waals surface area (Å²) in [6, 6.07) is 15.6. The number of methoxy groups -OCH3 is 1. The number of nitrogens with zero attached hydrogens (tertiary/aromatic N) is 2. The summed E-state index contributed by atoms with van der Waals surface area (Å²) in [5, 5.41) is 6.52. The van der Waals surface area contributed by atoms with E-state index in [0.29, 0.717) is 19.1 Å². The molecule has 1 heterocycles. The van der Waals surface area contributed by atoms with Crippen molar-refractivity contribution in [1.29, 1.82) is 0 Å². The Balaban J connectivity index is 1.52. The van der Waals surface area contributed by atoms with Crippen LogP contribution in [0.1, 0.15) is 11.1 Å². The highest BCUT2D eigenvalue weighted by Gasteiger charge is 2.03. The number of rotatable bonds is 8. The minimum atomic E-state index is 0.524. The third-order valence-electron chi connectivity index (χ3n) is 4.03. The summed E-state index contributed by atoms with van der Waals surface area (Å²) < 4.78 is 10.8. The van der Waals surface area contributed by atoms with Crippen molar-refractivity contribution in [2.45, 2.75) is 13.8 Å². The molecule has 0 spiro atoms. The van der Waals surface area contributed by atoms with Gasteiger partial charge in [0.1, 0.15) is 23.9 Å². The third-order valence-corrected chi connectivity index (χ3v) is 4.03. The van der Waals surface area contributed by atoms with E-state index in [1.54, 1.807) is 13.3 Å². The second kappa shape index (κ2) is 8.89. The van der Waals surface area contributed by atoms with Gasteiger partial charge in [0.25, 0.3) is 0 Å². The van der Waals surface area contributed by atoms with Crippen LogP contribution in [0.5, 0.6) is 11.5 Å². The topological polar surface area (TPSA) is 68.3 Å². The standard InChI is InChI=1S/C21H24N4O2/c1-15-4-5-16(2)19(14-15)24-21-23-11-10-20(25-21)22-12-13-27-18-8-6-17(26-3)7-9-18/h4-11,14H,12-13H2,1-3H3,(H2,22,23,24,25). The minimum absolute atomic E-state index is 0.524. The van der Waals surface area contributed by atoms with Gasteiger partial charge in [-0.25, -0.2) is 4.98 Å². The molecular formula is C21H24N4O2. The SMILES string of the molecule is COc1ccc(OCCNc2ccnc(Nc3cc(C)ccc3C)n2)cc1. The summed E-state index contributed by atoms with van der Waals surface area (Å²) in [7, 11) is 1.64. The van der Waals surface area contributed by atoms with E-state index in [1.807, 2.05) is 30.3 Å². The average Bonchev–Trinajstić information content (AvgIpc) is 2.69. The van der Waals surface area contributed by atoms with Crippen LogP contribution in [0.15, 0.2) is 54.7 Å². The lowest BCUT2D eigenvalue weighted by Crippen LogP contribution is -2.13. The number of hydrogen-bond acceptors (Lipinski definition) is 6. The van der Waals surface area contributed by atoms with E-state index in [9.17, 15) is 0 Å². The van der Waals surface area contributed by atoms with Crippen molar-refractivity contribution in [3.63, 3.8) is 0 Å². The summed E-state index contributed by atoms with van der Waals surface area (Å²) in [6.45, 7) is 5.27. The molecule has 1 aromatic heterocycles. The first-order valence-corrected chi connectivity index (χ1v) is 8.82. The Morgan fingerprint density at radius 3 is 2.52 bits per heavy atom. The van der Waals surface area contributed by atoms with Crippen LogP contribution in [0.25, 0.3) is 0 Å². The van der Waals surface area contributed by atoms with Crippen LogP contribution >= 0.6 is 0 Å². The van der Waals surface area contributed by atoms with Gasteiger partial charge in [-0.3, -0.25) is 0 Å². The quantitative estimate of drug-likeness (QED) is 0.580. The van der Waals surface area contributed by atoms with E-state index in [0.717, 1.165) is 28.6 Å². The summed E-state index contributed by atoms with van der Waals surface area (Å²) >= 11 is 0. The summed E-state index contributed by atoms with van der Waals surface area (Å²) in [6.07, 6.45) is 1.73. The Morgan fingerprint density at radius 2 is 1.74 bits per heavy atom. The largest absolute Gasteiger partial charge is 0.497 e. The van der Waals surface area contributed by atoms with Gasteiger partial charge in [-0.2, -0.15) is 4.98 Å². The number of aryl methyl sites for hydroxylation is 2. The van der Waals surface area contributed by atoms with Crippen LogP contribution in [-0.4, -0.2) is 30.2 Å². The van der Waals surface area contributed by atoms with Crippen molar-refractivity contribution < 1.29 is 9.47 Å². The van der Waals surface area contributed by atoms with E-state index >= 15 is 0 Å². The maximum Gasteiger partial charge on any atom is 0.229 e. The van der Waals surface area contributed by atoms with Crippen molar-refractivity contribution in [1.82, 2.24) is 9.97 Å². The van der Waals surface area contributed by atoms with E-state index in [-0.39, 0.29) is 0 Å². The molecule has 0 aliphatic carbocycles. The fourth-order valence-corrected chi connectivity index (χ4v) is 2.53. The normalized spacial score (nSPS) is 10.3. The van der Waals surface area contributed by atoms with Crippen molar-refractivity contribution in [3.05, 3.63) is 65.9 Å². The maximum absolute atomic E-state index is 5.70.